The number of carbonyl (C=O) groups is 1. The molecule has 3 atom stereocenters. The third kappa shape index (κ3) is 4.94. The van der Waals surface area contributed by atoms with Crippen LogP contribution in [0.3, 0.4) is 0 Å². The Kier molecular flexibility index (Phi) is 6.40. The third-order valence-corrected chi connectivity index (χ3v) is 4.35. The number of benzene rings is 1. The number of aromatic nitrogens is 1. The summed E-state index contributed by atoms with van der Waals surface area (Å²) in [4.78, 5) is 16.3. The number of rotatable bonds is 7. The van der Waals surface area contributed by atoms with Crippen molar-refractivity contribution in [1.82, 2.24) is 4.98 Å². The van der Waals surface area contributed by atoms with Crippen LogP contribution in [0.5, 0.6) is 5.75 Å². The predicted molar refractivity (Wildman–Crippen MR) is 102 cm³/mol. The molecule has 150 valence electrons. The third-order valence-electron chi connectivity index (χ3n) is 4.35. The van der Waals surface area contributed by atoms with E-state index in [1.165, 1.54) is 37.6 Å². The highest BCUT2D eigenvalue weighted by Gasteiger charge is 2.27. The molecule has 1 saturated heterocycles. The molecule has 1 fully saturated rings. The summed E-state index contributed by atoms with van der Waals surface area (Å²) in [6.45, 7) is 3.05. The van der Waals surface area contributed by atoms with E-state index < -0.39 is 18.1 Å². The zero-order chi connectivity index (χ0) is 20.1. The second-order valence-electron chi connectivity index (χ2n) is 6.49. The Morgan fingerprint density at radius 2 is 2.18 bits per heavy atom. The zero-order valence-corrected chi connectivity index (χ0v) is 15.6. The molecular weight excluding hydrogens is 367 g/mol. The van der Waals surface area contributed by atoms with E-state index in [2.05, 4.69) is 15.6 Å². The van der Waals surface area contributed by atoms with Crippen molar-refractivity contribution >= 4 is 17.3 Å². The molecule has 2 unspecified atom stereocenters. The summed E-state index contributed by atoms with van der Waals surface area (Å²) in [7, 11) is 1.51. The average molecular weight is 390 g/mol. The molecule has 1 amide bonds. The summed E-state index contributed by atoms with van der Waals surface area (Å²) in [6, 6.07) is 7.28. The lowest BCUT2D eigenvalue weighted by atomic mass is 10.1. The highest BCUT2D eigenvalue weighted by molar-refractivity contribution is 6.03. The topological polar surface area (TPSA) is 108 Å². The van der Waals surface area contributed by atoms with Crippen molar-refractivity contribution < 1.29 is 23.4 Å². The number of nitrogens with one attached hydrogen (secondary N) is 2. The first-order valence-electron chi connectivity index (χ1n) is 8.82. The van der Waals surface area contributed by atoms with Crippen LogP contribution in [-0.2, 0) is 9.47 Å². The molecule has 1 aliphatic heterocycles. The number of hydrogen-bond donors (Lipinski definition) is 3. The second kappa shape index (κ2) is 8.96. The van der Waals surface area contributed by atoms with E-state index in [0.29, 0.717) is 24.7 Å². The quantitative estimate of drug-likeness (QED) is 0.622. The highest BCUT2D eigenvalue weighted by atomic mass is 19.1. The van der Waals surface area contributed by atoms with Gasteiger partial charge in [0.05, 0.1) is 38.3 Å². The van der Waals surface area contributed by atoms with Gasteiger partial charge >= 0.3 is 0 Å². The van der Waals surface area contributed by atoms with Gasteiger partial charge in [-0.15, -0.1) is 0 Å². The van der Waals surface area contributed by atoms with E-state index in [0.717, 1.165) is 0 Å². The van der Waals surface area contributed by atoms with Gasteiger partial charge in [-0.05, 0) is 30.3 Å². The number of nitrogens with two attached hydrogens (primary N) is 1. The van der Waals surface area contributed by atoms with Gasteiger partial charge in [0.15, 0.2) is 6.35 Å². The van der Waals surface area contributed by atoms with E-state index in [4.69, 9.17) is 19.9 Å². The minimum atomic E-state index is -0.919. The Balaban J connectivity index is 1.64. The van der Waals surface area contributed by atoms with Crippen LogP contribution in [0.25, 0.3) is 0 Å². The number of methoxy groups -OCH3 is 1. The molecule has 4 N–H and O–H groups in total. The van der Waals surface area contributed by atoms with Crippen LogP contribution < -0.4 is 21.1 Å². The number of hydrogen-bond acceptors (Lipinski definition) is 7. The van der Waals surface area contributed by atoms with Gasteiger partial charge in [0.25, 0.3) is 5.91 Å². The van der Waals surface area contributed by atoms with Crippen LogP contribution in [0.15, 0.2) is 36.5 Å². The lowest BCUT2D eigenvalue weighted by Crippen LogP contribution is -2.38. The first kappa shape index (κ1) is 20.0. The smallest absolute Gasteiger partial charge is 0.274 e. The van der Waals surface area contributed by atoms with E-state index >= 15 is 0 Å². The SMILES string of the molecule is COc1ccc(C(=O)Nc2ccc(F)c(NC(N)OC3COC[C@@H]3C)c2)nc1. The Morgan fingerprint density at radius 3 is 2.82 bits per heavy atom. The highest BCUT2D eigenvalue weighted by Crippen LogP contribution is 2.22. The lowest BCUT2D eigenvalue weighted by Gasteiger charge is -2.22. The van der Waals surface area contributed by atoms with Crippen molar-refractivity contribution in [3.05, 3.63) is 48.0 Å². The summed E-state index contributed by atoms with van der Waals surface area (Å²) >= 11 is 0. The lowest BCUT2D eigenvalue weighted by molar-refractivity contribution is -0.0122. The molecule has 2 heterocycles. The maximum absolute atomic E-state index is 14.1. The van der Waals surface area contributed by atoms with Crippen LogP contribution >= 0.6 is 0 Å². The predicted octanol–water partition coefficient (Wildman–Crippen LogP) is 2.19. The molecule has 0 bridgehead atoms. The van der Waals surface area contributed by atoms with Gasteiger partial charge in [-0.1, -0.05) is 6.92 Å². The van der Waals surface area contributed by atoms with Crippen LogP contribution in [0, 0.1) is 11.7 Å². The molecule has 0 radical (unpaired) electrons. The average Bonchev–Trinajstić information content (AvgIpc) is 3.09. The van der Waals surface area contributed by atoms with Crippen LogP contribution in [0.2, 0.25) is 0 Å². The summed E-state index contributed by atoms with van der Waals surface area (Å²) in [5, 5.41) is 5.43. The minimum Gasteiger partial charge on any atom is -0.495 e. The number of nitrogens with zero attached hydrogens (tertiary/aromatic N) is 1. The van der Waals surface area contributed by atoms with Crippen molar-refractivity contribution in [1.29, 1.82) is 0 Å². The number of pyridine rings is 1. The molecule has 9 heteroatoms. The van der Waals surface area contributed by atoms with Crippen molar-refractivity contribution in [2.45, 2.75) is 19.4 Å². The molecule has 28 heavy (non-hydrogen) atoms. The van der Waals surface area contributed by atoms with Crippen LogP contribution in [0.1, 0.15) is 17.4 Å². The van der Waals surface area contributed by atoms with Crippen molar-refractivity contribution in [2.75, 3.05) is 31.0 Å². The van der Waals surface area contributed by atoms with Gasteiger partial charge in [-0.2, -0.15) is 0 Å². The molecule has 0 spiro atoms. The molecule has 1 aromatic heterocycles. The molecule has 1 aliphatic rings. The summed E-state index contributed by atoms with van der Waals surface area (Å²) in [6.07, 6.45) is 0.365. The number of anilines is 2. The van der Waals surface area contributed by atoms with Crippen molar-refractivity contribution in [3.63, 3.8) is 0 Å². The standard InChI is InChI=1S/C19H23FN4O4/c1-11-9-27-10-17(11)28-19(21)24-16-7-12(3-5-14(16)20)23-18(25)15-6-4-13(26-2)8-22-15/h3-8,11,17,19,24H,9-10,21H2,1-2H3,(H,23,25)/t11-,17?,19?/m0/s1. The molecule has 0 aliphatic carbocycles. The maximum Gasteiger partial charge on any atom is 0.274 e. The summed E-state index contributed by atoms with van der Waals surface area (Å²) in [5.41, 5.74) is 6.62. The number of halogens is 1. The fourth-order valence-corrected chi connectivity index (χ4v) is 2.73. The zero-order valence-electron chi connectivity index (χ0n) is 15.6. The normalized spacial score (nSPS) is 19.9. The first-order valence-corrected chi connectivity index (χ1v) is 8.82. The number of amides is 1. The van der Waals surface area contributed by atoms with Gasteiger partial charge in [0, 0.05) is 11.6 Å². The summed E-state index contributed by atoms with van der Waals surface area (Å²) < 4.78 is 30.1. The van der Waals surface area contributed by atoms with E-state index in [1.54, 1.807) is 6.07 Å². The van der Waals surface area contributed by atoms with Crippen molar-refractivity contribution in [3.8, 4) is 5.75 Å². The maximum atomic E-state index is 14.1. The van der Waals surface area contributed by atoms with E-state index in [9.17, 15) is 9.18 Å². The Hall–Kier alpha value is -2.75. The molecule has 2 aromatic rings. The Bertz CT molecular complexity index is 818. The van der Waals surface area contributed by atoms with Gasteiger partial charge in [-0.25, -0.2) is 9.37 Å². The second-order valence-corrected chi connectivity index (χ2v) is 6.49. The van der Waals surface area contributed by atoms with E-state index in [1.807, 2.05) is 6.92 Å². The molecule has 1 aromatic carbocycles. The van der Waals surface area contributed by atoms with Gasteiger partial charge in [0.2, 0.25) is 0 Å². The molecule has 3 rings (SSSR count). The van der Waals surface area contributed by atoms with Gasteiger partial charge in [0.1, 0.15) is 17.3 Å². The van der Waals surface area contributed by atoms with Crippen LogP contribution in [0.4, 0.5) is 15.8 Å². The first-order chi connectivity index (χ1) is 13.5. The van der Waals surface area contributed by atoms with Gasteiger partial charge < -0.3 is 24.8 Å². The fourth-order valence-electron chi connectivity index (χ4n) is 2.73. The monoisotopic (exact) mass is 390 g/mol. The molecular formula is C19H23FN4O4. The summed E-state index contributed by atoms with van der Waals surface area (Å²) in [5.74, 6) is -0.200. The minimum absolute atomic E-state index is 0.111. The molecule has 0 saturated carbocycles. The van der Waals surface area contributed by atoms with Gasteiger partial charge in [-0.3, -0.25) is 10.5 Å². The van der Waals surface area contributed by atoms with Crippen molar-refractivity contribution in [2.24, 2.45) is 11.7 Å². The molecule has 8 nitrogen and oxygen atoms in total. The Labute approximate surface area is 162 Å². The Morgan fingerprint density at radius 1 is 1.36 bits per heavy atom. The number of ether oxygens (including phenoxy) is 3. The van der Waals surface area contributed by atoms with E-state index in [-0.39, 0.29) is 23.4 Å². The largest absolute Gasteiger partial charge is 0.495 e. The van der Waals surface area contributed by atoms with Crippen LogP contribution in [-0.4, -0.2) is 43.7 Å². The fraction of sp³-hybridized carbons (Fsp3) is 0.368. The number of carbonyl (C=O) groups excluding carboxylic acids is 1.